The van der Waals surface area contributed by atoms with Crippen LogP contribution >= 0.6 is 0 Å². The molecule has 6 rings (SSSR count). The lowest BCUT2D eigenvalue weighted by Gasteiger charge is -2.35. The van der Waals surface area contributed by atoms with Gasteiger partial charge in [0.1, 0.15) is 0 Å². The van der Waals surface area contributed by atoms with E-state index in [0.29, 0.717) is 0 Å². The van der Waals surface area contributed by atoms with Gasteiger partial charge in [0.05, 0.1) is 28.6 Å². The van der Waals surface area contributed by atoms with Crippen LogP contribution in [0.3, 0.4) is 0 Å². The lowest BCUT2D eigenvalue weighted by molar-refractivity contribution is 0.155. The Morgan fingerprint density at radius 1 is 0.711 bits per heavy atom. The highest BCUT2D eigenvalue weighted by atomic mass is 15.2. The molecule has 1 aliphatic rings. The van der Waals surface area contributed by atoms with E-state index in [1.165, 1.54) is 34.2 Å². The van der Waals surface area contributed by atoms with Crippen molar-refractivity contribution in [1.82, 2.24) is 25.2 Å². The Morgan fingerprint density at radius 3 is 2.45 bits per heavy atom. The maximum atomic E-state index is 5.00. The summed E-state index contributed by atoms with van der Waals surface area (Å²) >= 11 is 0. The predicted octanol–water partition coefficient (Wildman–Crippen LogP) is 6.39. The second kappa shape index (κ2) is 11.6. The van der Waals surface area contributed by atoms with Crippen LogP contribution in [0.5, 0.6) is 0 Å². The number of hydrogen-bond acceptors (Lipinski definition) is 5. The van der Waals surface area contributed by atoms with Crippen molar-refractivity contribution in [3.8, 4) is 0 Å². The Bertz CT molecular complexity index is 1480. The van der Waals surface area contributed by atoms with E-state index in [4.69, 9.17) is 9.97 Å². The molecule has 3 aromatic heterocycles. The number of nitrogens with one attached hydrogen (secondary N) is 1. The highest BCUT2D eigenvalue weighted by molar-refractivity contribution is 5.78. The Hall–Kier alpha value is -3.93. The van der Waals surface area contributed by atoms with Crippen LogP contribution in [-0.2, 0) is 32.6 Å². The third-order valence-electron chi connectivity index (χ3n) is 7.40. The molecule has 1 N–H and O–H groups in total. The van der Waals surface area contributed by atoms with Crippen LogP contribution < -0.4 is 5.32 Å². The zero-order valence-electron chi connectivity index (χ0n) is 21.6. The van der Waals surface area contributed by atoms with E-state index in [0.717, 1.165) is 55.9 Å². The van der Waals surface area contributed by atoms with E-state index in [1.807, 2.05) is 30.6 Å². The predicted molar refractivity (Wildman–Crippen MR) is 152 cm³/mol. The van der Waals surface area contributed by atoms with Gasteiger partial charge in [0.2, 0.25) is 0 Å². The molecule has 3 heterocycles. The van der Waals surface area contributed by atoms with Crippen molar-refractivity contribution in [3.63, 3.8) is 0 Å². The highest BCUT2D eigenvalue weighted by Crippen LogP contribution is 2.34. The first-order valence-corrected chi connectivity index (χ1v) is 13.5. The third kappa shape index (κ3) is 5.80. The summed E-state index contributed by atoms with van der Waals surface area (Å²) in [6, 6.07) is 32.3. The van der Waals surface area contributed by atoms with Crippen molar-refractivity contribution in [2.45, 2.75) is 51.5 Å². The smallest absolute Gasteiger partial charge is 0.0705 e. The van der Waals surface area contributed by atoms with Crippen LogP contribution in [-0.4, -0.2) is 19.9 Å². The van der Waals surface area contributed by atoms with Gasteiger partial charge in [-0.25, -0.2) is 0 Å². The summed E-state index contributed by atoms with van der Waals surface area (Å²) in [6.07, 6.45) is 7.20. The van der Waals surface area contributed by atoms with Gasteiger partial charge in [-0.2, -0.15) is 0 Å². The minimum Gasteiger partial charge on any atom is -0.307 e. The number of pyridine rings is 3. The van der Waals surface area contributed by atoms with E-state index in [2.05, 4.69) is 88.0 Å². The first kappa shape index (κ1) is 24.4. The quantitative estimate of drug-likeness (QED) is 0.255. The molecule has 1 atom stereocenters. The molecule has 0 saturated heterocycles. The van der Waals surface area contributed by atoms with E-state index < -0.39 is 0 Å². The summed E-state index contributed by atoms with van der Waals surface area (Å²) in [5.41, 5.74) is 8.41. The minimum atomic E-state index is 0.285. The zero-order chi connectivity index (χ0) is 25.6. The van der Waals surface area contributed by atoms with E-state index >= 15 is 0 Å². The highest BCUT2D eigenvalue weighted by Gasteiger charge is 2.27. The molecule has 5 heteroatoms. The van der Waals surface area contributed by atoms with Crippen LogP contribution in [0.25, 0.3) is 10.9 Å². The number of aromatic nitrogens is 3. The average Bonchev–Trinajstić information content (AvgIpc) is 2.98. The van der Waals surface area contributed by atoms with Crippen molar-refractivity contribution in [2.24, 2.45) is 0 Å². The Balaban J connectivity index is 1.20. The molecular formula is C33H33N5. The normalized spacial score (nSPS) is 15.0. The molecule has 0 bridgehead atoms. The largest absolute Gasteiger partial charge is 0.307 e. The molecule has 0 amide bonds. The van der Waals surface area contributed by atoms with Crippen molar-refractivity contribution in [1.29, 1.82) is 0 Å². The molecule has 0 radical (unpaired) electrons. The van der Waals surface area contributed by atoms with Gasteiger partial charge in [-0.15, -0.1) is 0 Å². The van der Waals surface area contributed by atoms with Gasteiger partial charge < -0.3 is 5.32 Å². The van der Waals surface area contributed by atoms with Gasteiger partial charge in [-0.3, -0.25) is 19.9 Å². The van der Waals surface area contributed by atoms with Gasteiger partial charge in [-0.05, 0) is 66.3 Å². The molecule has 2 aromatic carbocycles. The monoisotopic (exact) mass is 499 g/mol. The van der Waals surface area contributed by atoms with Crippen molar-refractivity contribution in [3.05, 3.63) is 137 Å². The van der Waals surface area contributed by atoms with Crippen LogP contribution in [0.2, 0.25) is 0 Å². The van der Waals surface area contributed by atoms with Gasteiger partial charge in [0, 0.05) is 44.0 Å². The van der Waals surface area contributed by atoms with E-state index in [1.54, 1.807) is 0 Å². The Morgan fingerprint density at radius 2 is 1.55 bits per heavy atom. The Kier molecular flexibility index (Phi) is 7.47. The van der Waals surface area contributed by atoms with Crippen LogP contribution in [0.4, 0.5) is 0 Å². The molecular weight excluding hydrogens is 466 g/mol. The van der Waals surface area contributed by atoms with Crippen LogP contribution in [0.15, 0.2) is 103 Å². The van der Waals surface area contributed by atoms with E-state index in [9.17, 15) is 0 Å². The fourth-order valence-electron chi connectivity index (χ4n) is 5.46. The second-order valence-corrected chi connectivity index (χ2v) is 10.1. The molecule has 1 aliphatic carbocycles. The molecule has 0 spiro atoms. The molecule has 0 fully saturated rings. The lowest BCUT2D eigenvalue weighted by Crippen LogP contribution is -2.31. The number of fused-ring (bicyclic) bond motifs is 2. The van der Waals surface area contributed by atoms with Crippen molar-refractivity contribution >= 4 is 10.9 Å². The maximum Gasteiger partial charge on any atom is 0.0705 e. The number of nitrogens with zero attached hydrogens (tertiary/aromatic N) is 4. The summed E-state index contributed by atoms with van der Waals surface area (Å²) in [5.74, 6) is 0. The molecule has 5 aromatic rings. The SMILES string of the molecule is c1ccc(CNCc2ccc(CN(Cc3ccc4ccccc4n3)C3CCCc4cccnc43)cc2)nc1. The molecule has 1 unspecified atom stereocenters. The number of rotatable bonds is 9. The number of aryl methyl sites for hydroxylation is 1. The first-order chi connectivity index (χ1) is 18.8. The lowest BCUT2D eigenvalue weighted by atomic mass is 9.90. The summed E-state index contributed by atoms with van der Waals surface area (Å²) in [6.45, 7) is 3.24. The van der Waals surface area contributed by atoms with Crippen molar-refractivity contribution in [2.75, 3.05) is 0 Å². The van der Waals surface area contributed by atoms with Gasteiger partial charge in [0.15, 0.2) is 0 Å². The fraction of sp³-hybridized carbons (Fsp3) is 0.242. The summed E-state index contributed by atoms with van der Waals surface area (Å²) in [4.78, 5) is 16.8. The number of benzene rings is 2. The summed E-state index contributed by atoms with van der Waals surface area (Å²) in [5, 5.41) is 4.68. The van der Waals surface area contributed by atoms with Crippen molar-refractivity contribution < 1.29 is 0 Å². The second-order valence-electron chi connectivity index (χ2n) is 10.1. The summed E-state index contributed by atoms with van der Waals surface area (Å²) < 4.78 is 0. The number of para-hydroxylation sites is 1. The number of hydrogen-bond donors (Lipinski definition) is 1. The standard InChI is InChI=1S/C33H33N5/c1-2-11-31-27(7-1)17-18-30(37-31)24-38(32-12-5-8-28-9-6-20-36-33(28)32)23-26-15-13-25(14-16-26)21-34-22-29-10-3-4-19-35-29/h1-4,6-7,9-11,13-20,32,34H,5,8,12,21-24H2. The zero-order valence-corrected chi connectivity index (χ0v) is 21.6. The van der Waals surface area contributed by atoms with Gasteiger partial charge >= 0.3 is 0 Å². The molecule has 5 nitrogen and oxygen atoms in total. The summed E-state index contributed by atoms with van der Waals surface area (Å²) in [7, 11) is 0. The fourth-order valence-corrected chi connectivity index (χ4v) is 5.46. The van der Waals surface area contributed by atoms with Crippen LogP contribution in [0, 0.1) is 0 Å². The minimum absolute atomic E-state index is 0.285. The third-order valence-corrected chi connectivity index (χ3v) is 7.40. The van der Waals surface area contributed by atoms with E-state index in [-0.39, 0.29) is 6.04 Å². The Labute approximate surface area is 224 Å². The average molecular weight is 500 g/mol. The van der Waals surface area contributed by atoms with Gasteiger partial charge in [0.25, 0.3) is 0 Å². The molecule has 38 heavy (non-hydrogen) atoms. The molecule has 190 valence electrons. The van der Waals surface area contributed by atoms with Crippen LogP contribution in [0.1, 0.15) is 52.7 Å². The molecule has 0 aliphatic heterocycles. The first-order valence-electron chi connectivity index (χ1n) is 13.5. The van der Waals surface area contributed by atoms with Gasteiger partial charge in [-0.1, -0.05) is 60.7 Å². The maximum absolute atomic E-state index is 5.00. The molecule has 0 saturated carbocycles. The topological polar surface area (TPSA) is 53.9 Å².